The van der Waals surface area contributed by atoms with Crippen molar-refractivity contribution >= 4 is 22.6 Å². The van der Waals surface area contributed by atoms with Crippen LogP contribution in [0.1, 0.15) is 28.6 Å². The van der Waals surface area contributed by atoms with Gasteiger partial charge in [0, 0.05) is 23.2 Å². The number of amides is 1. The van der Waals surface area contributed by atoms with Gasteiger partial charge in [-0.05, 0) is 61.9 Å². The Kier molecular flexibility index (Phi) is 5.82. The van der Waals surface area contributed by atoms with Crippen molar-refractivity contribution in [1.29, 1.82) is 0 Å². The van der Waals surface area contributed by atoms with Gasteiger partial charge in [0.05, 0.1) is 6.61 Å². The summed E-state index contributed by atoms with van der Waals surface area (Å²) in [6, 6.07) is 22.7. The van der Waals surface area contributed by atoms with E-state index >= 15 is 0 Å². The number of hydrogen-bond donors (Lipinski definition) is 1. The van der Waals surface area contributed by atoms with Crippen LogP contribution in [0.25, 0.3) is 11.0 Å². The molecule has 3 aromatic carbocycles. The number of anilines is 1. The van der Waals surface area contributed by atoms with E-state index in [1.165, 1.54) is 0 Å². The zero-order valence-electron chi connectivity index (χ0n) is 17.0. The second-order valence-electron chi connectivity index (χ2n) is 6.94. The highest BCUT2D eigenvalue weighted by molar-refractivity contribution is 6.06. The van der Waals surface area contributed by atoms with E-state index in [4.69, 9.17) is 13.9 Å². The number of rotatable bonds is 7. The Morgan fingerprint density at radius 3 is 2.53 bits per heavy atom. The van der Waals surface area contributed by atoms with Crippen LogP contribution in [0.3, 0.4) is 0 Å². The van der Waals surface area contributed by atoms with Gasteiger partial charge in [-0.25, -0.2) is 0 Å². The number of nitrogens with one attached hydrogen (secondary N) is 1. The number of carbonyl (C=O) groups is 1. The summed E-state index contributed by atoms with van der Waals surface area (Å²) >= 11 is 0. The summed E-state index contributed by atoms with van der Waals surface area (Å²) in [5.74, 6) is 1.42. The molecule has 0 atom stereocenters. The lowest BCUT2D eigenvalue weighted by Gasteiger charge is -2.09. The first-order valence-electron chi connectivity index (χ1n) is 9.88. The van der Waals surface area contributed by atoms with Gasteiger partial charge in [0.25, 0.3) is 5.91 Å². The lowest BCUT2D eigenvalue weighted by molar-refractivity contribution is 0.0984. The van der Waals surface area contributed by atoms with Gasteiger partial charge in [-0.2, -0.15) is 0 Å². The molecule has 30 heavy (non-hydrogen) atoms. The maximum Gasteiger partial charge on any atom is 0.291 e. The molecule has 0 fully saturated rings. The molecule has 0 unspecified atom stereocenters. The largest absolute Gasteiger partial charge is 0.457 e. The van der Waals surface area contributed by atoms with Crippen LogP contribution in [-0.2, 0) is 11.3 Å². The topological polar surface area (TPSA) is 60.7 Å². The molecule has 4 aromatic rings. The number of ether oxygens (including phenoxy) is 2. The monoisotopic (exact) mass is 401 g/mol. The number of carbonyl (C=O) groups excluding carboxylic acids is 1. The summed E-state index contributed by atoms with van der Waals surface area (Å²) in [5, 5.41) is 3.78. The standard InChI is InChI=1S/C25H23NO4/c1-3-28-16-22-21-9-4-5-10-23(21)30-24(22)25(27)26-18-11-13-19(14-12-18)29-20-8-6-7-17(2)15-20/h4-15H,3,16H2,1-2H3,(H,26,27). The molecule has 5 nitrogen and oxygen atoms in total. The number of para-hydroxylation sites is 1. The van der Waals surface area contributed by atoms with Crippen molar-refractivity contribution in [2.24, 2.45) is 0 Å². The maximum absolute atomic E-state index is 12.9. The second-order valence-corrected chi connectivity index (χ2v) is 6.94. The van der Waals surface area contributed by atoms with Crippen molar-refractivity contribution in [3.05, 3.63) is 89.7 Å². The van der Waals surface area contributed by atoms with Gasteiger partial charge in [-0.3, -0.25) is 4.79 Å². The van der Waals surface area contributed by atoms with Crippen molar-refractivity contribution in [2.75, 3.05) is 11.9 Å². The molecule has 1 N–H and O–H groups in total. The van der Waals surface area contributed by atoms with Crippen molar-refractivity contribution < 1.29 is 18.7 Å². The van der Waals surface area contributed by atoms with E-state index < -0.39 is 0 Å². The van der Waals surface area contributed by atoms with Crippen LogP contribution in [-0.4, -0.2) is 12.5 Å². The maximum atomic E-state index is 12.9. The minimum absolute atomic E-state index is 0.268. The smallest absolute Gasteiger partial charge is 0.291 e. The third-order valence-corrected chi connectivity index (χ3v) is 4.69. The third-order valence-electron chi connectivity index (χ3n) is 4.69. The first kappa shape index (κ1) is 19.7. The van der Waals surface area contributed by atoms with Gasteiger partial charge >= 0.3 is 0 Å². The lowest BCUT2D eigenvalue weighted by Crippen LogP contribution is -2.13. The highest BCUT2D eigenvalue weighted by Crippen LogP contribution is 2.28. The zero-order valence-corrected chi connectivity index (χ0v) is 17.0. The van der Waals surface area contributed by atoms with Crippen molar-refractivity contribution in [1.82, 2.24) is 0 Å². The predicted molar refractivity (Wildman–Crippen MR) is 117 cm³/mol. The average Bonchev–Trinajstić information content (AvgIpc) is 3.12. The van der Waals surface area contributed by atoms with Crippen LogP contribution in [0.4, 0.5) is 5.69 Å². The summed E-state index contributed by atoms with van der Waals surface area (Å²) in [6.07, 6.45) is 0. The van der Waals surface area contributed by atoms with Crippen molar-refractivity contribution in [2.45, 2.75) is 20.5 Å². The van der Waals surface area contributed by atoms with E-state index in [2.05, 4.69) is 5.32 Å². The Morgan fingerprint density at radius 2 is 1.77 bits per heavy atom. The predicted octanol–water partition coefficient (Wildman–Crippen LogP) is 6.32. The van der Waals surface area contributed by atoms with E-state index in [0.29, 0.717) is 30.2 Å². The van der Waals surface area contributed by atoms with Crippen LogP contribution < -0.4 is 10.1 Å². The second kappa shape index (κ2) is 8.84. The Bertz CT molecular complexity index is 1160. The molecule has 0 aliphatic carbocycles. The minimum atomic E-state index is -0.312. The van der Waals surface area contributed by atoms with Crippen LogP contribution in [0.2, 0.25) is 0 Å². The number of fused-ring (bicyclic) bond motifs is 1. The quantitative estimate of drug-likeness (QED) is 0.393. The lowest BCUT2D eigenvalue weighted by atomic mass is 10.1. The molecule has 152 valence electrons. The summed E-state index contributed by atoms with van der Waals surface area (Å²) in [6.45, 7) is 4.81. The summed E-state index contributed by atoms with van der Waals surface area (Å²) in [5.41, 5.74) is 3.20. The van der Waals surface area contributed by atoms with E-state index in [1.54, 1.807) is 12.1 Å². The van der Waals surface area contributed by atoms with Crippen LogP contribution in [0.15, 0.2) is 77.2 Å². The molecule has 0 saturated heterocycles. The van der Waals surface area contributed by atoms with Gasteiger partial charge in [0.15, 0.2) is 5.76 Å². The molecule has 1 amide bonds. The molecule has 1 aromatic heterocycles. The molecule has 4 rings (SSSR count). The molecule has 0 saturated carbocycles. The fraction of sp³-hybridized carbons (Fsp3) is 0.160. The minimum Gasteiger partial charge on any atom is -0.457 e. The van der Waals surface area contributed by atoms with Gasteiger partial charge in [0.2, 0.25) is 0 Å². The first-order chi connectivity index (χ1) is 14.6. The number of hydrogen-bond acceptors (Lipinski definition) is 4. The number of benzene rings is 3. The van der Waals surface area contributed by atoms with E-state index in [9.17, 15) is 4.79 Å². The Balaban J connectivity index is 1.51. The average molecular weight is 401 g/mol. The number of furan rings is 1. The molecule has 1 heterocycles. The Hall–Kier alpha value is -3.57. The molecule has 0 bridgehead atoms. The molecule has 5 heteroatoms. The summed E-state index contributed by atoms with van der Waals surface area (Å²) in [7, 11) is 0. The molecule has 0 spiro atoms. The molecular weight excluding hydrogens is 378 g/mol. The molecule has 0 radical (unpaired) electrons. The fourth-order valence-electron chi connectivity index (χ4n) is 3.24. The van der Waals surface area contributed by atoms with Gasteiger partial charge < -0.3 is 19.2 Å². The van der Waals surface area contributed by atoms with Gasteiger partial charge in [0.1, 0.15) is 17.1 Å². The SMILES string of the molecule is CCOCc1c(C(=O)Nc2ccc(Oc3cccc(C)c3)cc2)oc2ccccc12. The van der Waals surface area contributed by atoms with E-state index in [1.807, 2.05) is 74.5 Å². The Labute approximate surface area is 175 Å². The van der Waals surface area contributed by atoms with Crippen LogP contribution >= 0.6 is 0 Å². The highest BCUT2D eigenvalue weighted by Gasteiger charge is 2.20. The molecule has 0 aliphatic heterocycles. The molecular formula is C25H23NO4. The van der Waals surface area contributed by atoms with Gasteiger partial charge in [-0.1, -0.05) is 30.3 Å². The van der Waals surface area contributed by atoms with E-state index in [-0.39, 0.29) is 11.7 Å². The van der Waals surface area contributed by atoms with Crippen molar-refractivity contribution in [3.63, 3.8) is 0 Å². The van der Waals surface area contributed by atoms with Gasteiger partial charge in [-0.15, -0.1) is 0 Å². The normalized spacial score (nSPS) is 10.9. The molecule has 0 aliphatic rings. The van der Waals surface area contributed by atoms with Crippen LogP contribution in [0, 0.1) is 6.92 Å². The third kappa shape index (κ3) is 4.36. The van der Waals surface area contributed by atoms with Crippen LogP contribution in [0.5, 0.6) is 11.5 Å². The Morgan fingerprint density at radius 1 is 0.967 bits per heavy atom. The first-order valence-corrected chi connectivity index (χ1v) is 9.88. The fourth-order valence-corrected chi connectivity index (χ4v) is 3.24. The highest BCUT2D eigenvalue weighted by atomic mass is 16.5. The summed E-state index contributed by atoms with van der Waals surface area (Å²) in [4.78, 5) is 12.9. The zero-order chi connectivity index (χ0) is 20.9. The van der Waals surface area contributed by atoms with E-state index in [0.717, 1.165) is 22.3 Å². The summed E-state index contributed by atoms with van der Waals surface area (Å²) < 4.78 is 17.2. The van der Waals surface area contributed by atoms with Crippen molar-refractivity contribution in [3.8, 4) is 11.5 Å². The number of aryl methyl sites for hydroxylation is 1.